The van der Waals surface area contributed by atoms with E-state index in [1.165, 1.54) is 44.2 Å². The number of aromatic nitrogens is 2. The van der Waals surface area contributed by atoms with Gasteiger partial charge in [0.15, 0.2) is 16.7 Å². The van der Waals surface area contributed by atoms with Gasteiger partial charge in [-0.05, 0) is 48.4 Å². The average Bonchev–Trinajstić information content (AvgIpc) is 2.98. The molecule has 1 aromatic heterocycles. The van der Waals surface area contributed by atoms with Gasteiger partial charge in [0.1, 0.15) is 0 Å². The minimum Gasteiger partial charge on any atom is -0.493 e. The number of nitrogens with one attached hydrogen (secondary N) is 1. The van der Waals surface area contributed by atoms with Crippen LogP contribution in [0.4, 0.5) is 0 Å². The van der Waals surface area contributed by atoms with E-state index in [2.05, 4.69) is 15.5 Å². The number of hydrazone groups is 1. The van der Waals surface area contributed by atoms with Gasteiger partial charge in [-0.3, -0.25) is 14.2 Å². The van der Waals surface area contributed by atoms with Crippen LogP contribution >= 0.6 is 11.8 Å². The van der Waals surface area contributed by atoms with E-state index in [4.69, 9.17) is 19.3 Å². The van der Waals surface area contributed by atoms with E-state index in [0.29, 0.717) is 45.3 Å². The molecule has 0 aliphatic heterocycles. The normalized spacial score (nSPS) is 11.5. The Bertz CT molecular complexity index is 1760. The molecule has 1 amide bonds. The van der Waals surface area contributed by atoms with Crippen molar-refractivity contribution >= 4 is 44.8 Å². The van der Waals surface area contributed by atoms with E-state index in [9.17, 15) is 18.0 Å². The van der Waals surface area contributed by atoms with E-state index in [1.807, 2.05) is 0 Å². The van der Waals surface area contributed by atoms with Gasteiger partial charge in [0.05, 0.1) is 49.1 Å². The lowest BCUT2D eigenvalue weighted by Crippen LogP contribution is -2.26. The number of nitrogens with zero attached hydrogens (tertiary/aromatic N) is 3. The number of sulfonamides is 1. The van der Waals surface area contributed by atoms with E-state index >= 15 is 0 Å². The van der Waals surface area contributed by atoms with Gasteiger partial charge >= 0.3 is 0 Å². The Kier molecular flexibility index (Phi) is 9.83. The van der Waals surface area contributed by atoms with Crippen LogP contribution in [-0.4, -0.2) is 57.2 Å². The summed E-state index contributed by atoms with van der Waals surface area (Å²) in [5, 5.41) is 10.0. The van der Waals surface area contributed by atoms with Crippen LogP contribution in [-0.2, 0) is 27.8 Å². The Morgan fingerprint density at radius 2 is 1.71 bits per heavy atom. The quantitative estimate of drug-likeness (QED) is 0.106. The highest BCUT2D eigenvalue weighted by Crippen LogP contribution is 2.37. The van der Waals surface area contributed by atoms with Crippen molar-refractivity contribution in [3.8, 4) is 17.2 Å². The Labute approximate surface area is 246 Å². The first-order valence-corrected chi connectivity index (χ1v) is 15.0. The summed E-state index contributed by atoms with van der Waals surface area (Å²) in [6.45, 7) is 0.259. The molecule has 0 aliphatic rings. The van der Waals surface area contributed by atoms with Crippen LogP contribution in [0.1, 0.15) is 11.1 Å². The van der Waals surface area contributed by atoms with Crippen LogP contribution in [0.3, 0.4) is 0 Å². The van der Waals surface area contributed by atoms with Crippen molar-refractivity contribution in [3.63, 3.8) is 0 Å². The molecule has 4 rings (SSSR count). The molecule has 0 spiro atoms. The molecule has 14 heteroatoms. The molecule has 0 saturated heterocycles. The maximum Gasteiger partial charge on any atom is 0.262 e. The van der Waals surface area contributed by atoms with Crippen LogP contribution in [0, 0.1) is 0 Å². The number of thioether (sulfide) groups is 1. The van der Waals surface area contributed by atoms with Crippen molar-refractivity contribution in [1.29, 1.82) is 0 Å². The standard InChI is InChI=1S/C28H29N5O7S2/c1-38-23-14-19(15-24(39-2)26(23)40-3)16-30-32-25(34)17-41-28-31-22-7-5-4-6-21(22)27(35)33(28)13-12-18-8-10-20(11-9-18)42(29,36)37/h4-11,14-16H,12-13,17H2,1-3H3,(H,32,34)(H2,29,36,37)/b30-16+. The Balaban J connectivity index is 1.48. The number of hydrogen-bond donors (Lipinski definition) is 2. The third-order valence-electron chi connectivity index (χ3n) is 6.12. The maximum atomic E-state index is 13.3. The lowest BCUT2D eigenvalue weighted by molar-refractivity contribution is -0.118. The zero-order valence-corrected chi connectivity index (χ0v) is 24.7. The summed E-state index contributed by atoms with van der Waals surface area (Å²) >= 11 is 1.10. The first kappa shape index (κ1) is 30.6. The lowest BCUT2D eigenvalue weighted by atomic mass is 10.1. The maximum absolute atomic E-state index is 13.3. The molecule has 4 aromatic rings. The molecular formula is C28H29N5O7S2. The van der Waals surface area contributed by atoms with Crippen LogP contribution in [0.25, 0.3) is 10.9 Å². The SMILES string of the molecule is COc1cc(/C=N/NC(=O)CSc2nc3ccccc3c(=O)n2CCc2ccc(S(N)(=O)=O)cc2)cc(OC)c1OC. The first-order chi connectivity index (χ1) is 20.1. The highest BCUT2D eigenvalue weighted by Gasteiger charge is 2.15. The number of nitrogens with two attached hydrogens (primary N) is 1. The minimum absolute atomic E-state index is 0.00553. The van der Waals surface area contributed by atoms with Crippen LogP contribution < -0.4 is 30.3 Å². The summed E-state index contributed by atoms with van der Waals surface area (Å²) in [6, 6.07) is 16.5. The van der Waals surface area contributed by atoms with Crippen molar-refractivity contribution in [2.45, 2.75) is 23.0 Å². The number of ether oxygens (including phenoxy) is 3. The Morgan fingerprint density at radius 3 is 2.33 bits per heavy atom. The van der Waals surface area contributed by atoms with Crippen molar-refractivity contribution in [1.82, 2.24) is 15.0 Å². The number of hydrogen-bond acceptors (Lipinski definition) is 10. The summed E-state index contributed by atoms with van der Waals surface area (Å²) in [6.07, 6.45) is 1.86. The fourth-order valence-electron chi connectivity index (χ4n) is 4.06. The van der Waals surface area contributed by atoms with Gasteiger partial charge in [-0.25, -0.2) is 24.0 Å². The van der Waals surface area contributed by atoms with Gasteiger partial charge in [-0.2, -0.15) is 5.10 Å². The van der Waals surface area contributed by atoms with Crippen LogP contribution in [0.5, 0.6) is 17.2 Å². The minimum atomic E-state index is -3.80. The summed E-state index contributed by atoms with van der Waals surface area (Å²) in [7, 11) is 0.703. The molecule has 0 fully saturated rings. The monoisotopic (exact) mass is 611 g/mol. The molecule has 3 aromatic carbocycles. The Hall–Kier alpha value is -4.40. The lowest BCUT2D eigenvalue weighted by Gasteiger charge is -2.13. The number of carbonyl (C=O) groups is 1. The fraction of sp³-hybridized carbons (Fsp3) is 0.214. The number of primary sulfonamides is 1. The van der Waals surface area contributed by atoms with Gasteiger partial charge in [-0.1, -0.05) is 36.0 Å². The van der Waals surface area contributed by atoms with E-state index in [1.54, 1.807) is 48.5 Å². The number of aryl methyl sites for hydroxylation is 1. The topological polar surface area (TPSA) is 164 Å². The second kappa shape index (κ2) is 13.5. The van der Waals surface area contributed by atoms with Crippen LogP contribution in [0.2, 0.25) is 0 Å². The molecule has 0 radical (unpaired) electrons. The predicted molar refractivity (Wildman–Crippen MR) is 160 cm³/mol. The number of carbonyl (C=O) groups excluding carboxylic acids is 1. The molecule has 12 nitrogen and oxygen atoms in total. The van der Waals surface area contributed by atoms with Gasteiger partial charge < -0.3 is 14.2 Å². The van der Waals surface area contributed by atoms with Gasteiger partial charge in [0.2, 0.25) is 15.8 Å². The highest BCUT2D eigenvalue weighted by molar-refractivity contribution is 7.99. The van der Waals surface area contributed by atoms with E-state index in [0.717, 1.165) is 17.3 Å². The first-order valence-electron chi connectivity index (χ1n) is 12.5. The molecule has 1 heterocycles. The molecule has 220 valence electrons. The predicted octanol–water partition coefficient (Wildman–Crippen LogP) is 2.55. The third-order valence-corrected chi connectivity index (χ3v) is 8.03. The molecule has 3 N–H and O–H groups in total. The van der Waals surface area contributed by atoms with Crippen molar-refractivity contribution in [3.05, 3.63) is 82.1 Å². The number of para-hydroxylation sites is 1. The van der Waals surface area contributed by atoms with Gasteiger partial charge in [0.25, 0.3) is 11.5 Å². The largest absolute Gasteiger partial charge is 0.493 e. The third kappa shape index (κ3) is 7.26. The number of fused-ring (bicyclic) bond motifs is 1. The Morgan fingerprint density at radius 1 is 1.05 bits per heavy atom. The summed E-state index contributed by atoms with van der Waals surface area (Å²) in [5.41, 5.74) is 4.16. The molecule has 0 saturated carbocycles. The number of rotatable bonds is 12. The zero-order valence-electron chi connectivity index (χ0n) is 23.1. The van der Waals surface area contributed by atoms with Gasteiger partial charge in [-0.15, -0.1) is 0 Å². The number of amides is 1. The average molecular weight is 612 g/mol. The van der Waals surface area contributed by atoms with Crippen molar-refractivity contribution < 1.29 is 27.4 Å². The smallest absolute Gasteiger partial charge is 0.262 e. The molecule has 0 atom stereocenters. The second-order valence-electron chi connectivity index (χ2n) is 8.85. The summed E-state index contributed by atoms with van der Waals surface area (Å²) < 4.78 is 40.6. The summed E-state index contributed by atoms with van der Waals surface area (Å²) in [5.74, 6) is 0.866. The number of benzene rings is 3. The molecule has 42 heavy (non-hydrogen) atoms. The zero-order chi connectivity index (χ0) is 30.3. The fourth-order valence-corrected chi connectivity index (χ4v) is 5.39. The molecule has 0 aliphatic carbocycles. The highest BCUT2D eigenvalue weighted by atomic mass is 32.2. The van der Waals surface area contributed by atoms with Gasteiger partial charge in [0, 0.05) is 12.1 Å². The van der Waals surface area contributed by atoms with E-state index in [-0.39, 0.29) is 22.8 Å². The molecule has 0 bridgehead atoms. The molecular weight excluding hydrogens is 582 g/mol. The van der Waals surface area contributed by atoms with Crippen molar-refractivity contribution in [2.75, 3.05) is 27.1 Å². The van der Waals surface area contributed by atoms with Crippen LogP contribution in [0.15, 0.2) is 80.6 Å². The van der Waals surface area contributed by atoms with Crippen molar-refractivity contribution in [2.24, 2.45) is 10.2 Å². The molecule has 0 unspecified atom stereocenters. The van der Waals surface area contributed by atoms with E-state index < -0.39 is 15.9 Å². The number of methoxy groups -OCH3 is 3. The second-order valence-corrected chi connectivity index (χ2v) is 11.4. The summed E-state index contributed by atoms with van der Waals surface area (Å²) in [4.78, 5) is 30.6.